The molecule has 1 spiro atoms. The summed E-state index contributed by atoms with van der Waals surface area (Å²) in [6, 6.07) is 19.0. The second kappa shape index (κ2) is 10.6. The van der Waals surface area contributed by atoms with Gasteiger partial charge in [0.1, 0.15) is 6.10 Å². The normalized spacial score (nSPS) is 27.4. The molecule has 6 atom stereocenters. The summed E-state index contributed by atoms with van der Waals surface area (Å²) in [4.78, 5) is 17.7. The van der Waals surface area contributed by atoms with Crippen molar-refractivity contribution >= 4 is 5.91 Å². The Bertz CT molecular complexity index is 1650. The number of likely N-dealkylation sites (N-methyl/N-ethyl adjacent to an activating group) is 1. The van der Waals surface area contributed by atoms with Gasteiger partial charge in [-0.25, -0.2) is 0 Å². The molecule has 0 radical (unpaired) electrons. The lowest BCUT2D eigenvalue weighted by Crippen LogP contribution is -2.69. The Balaban J connectivity index is 1.16. The number of likely N-dealkylation sites (tertiary alicyclic amines) is 1. The quantitative estimate of drug-likeness (QED) is 0.366. The van der Waals surface area contributed by atoms with Crippen LogP contribution in [0.4, 0.5) is 13.2 Å². The van der Waals surface area contributed by atoms with E-state index in [2.05, 4.69) is 47.9 Å². The predicted octanol–water partition coefficient (Wildman–Crippen LogP) is 6.13. The molecule has 5 nitrogen and oxygen atoms in total. The molecule has 2 heterocycles. The molecule has 8 heteroatoms. The number of phenolic OH excluding ortho intramolecular Hbond substituents is 1. The third kappa shape index (κ3) is 4.56. The number of carbonyl (C=O) groups excluding carboxylic acids is 1. The number of benzene rings is 3. The maximum atomic E-state index is 13.4. The zero-order chi connectivity index (χ0) is 30.8. The highest BCUT2D eigenvalue weighted by molar-refractivity contribution is 5.94. The zero-order valence-corrected chi connectivity index (χ0v) is 24.8. The van der Waals surface area contributed by atoms with Gasteiger partial charge < -0.3 is 14.7 Å². The van der Waals surface area contributed by atoms with Crippen molar-refractivity contribution in [1.29, 1.82) is 0 Å². The maximum absolute atomic E-state index is 13.4. The fourth-order valence-corrected chi connectivity index (χ4v) is 8.57. The SMILES string of the molecule is CC(CN1CC[C@]23c4c5ccc(O)c4O[C@H]2[C@@H](N(C)C(=O)C#Cc2ccc(C(F)(F)F)cc2)CC[C@H]3[C@H]1C5)c1ccccc1. The van der Waals surface area contributed by atoms with Gasteiger partial charge >= 0.3 is 6.18 Å². The highest BCUT2D eigenvalue weighted by Crippen LogP contribution is 2.64. The van der Waals surface area contributed by atoms with Crippen LogP contribution in [0.25, 0.3) is 0 Å². The third-order valence-corrected chi connectivity index (χ3v) is 10.6. The fraction of sp³-hybridized carbons (Fsp3) is 0.417. The minimum atomic E-state index is -4.43. The fourth-order valence-electron chi connectivity index (χ4n) is 8.57. The first kappa shape index (κ1) is 28.8. The molecular weight excluding hydrogens is 565 g/mol. The Hall–Kier alpha value is -3.96. The third-order valence-electron chi connectivity index (χ3n) is 10.6. The van der Waals surface area contributed by atoms with E-state index < -0.39 is 17.6 Å². The number of piperidine rings is 1. The van der Waals surface area contributed by atoms with Crippen molar-refractivity contribution in [2.45, 2.75) is 68.3 Å². The van der Waals surface area contributed by atoms with Crippen molar-refractivity contribution in [2.75, 3.05) is 20.1 Å². The van der Waals surface area contributed by atoms with E-state index in [1.54, 1.807) is 18.0 Å². The van der Waals surface area contributed by atoms with Gasteiger partial charge in [-0.2, -0.15) is 13.2 Å². The first-order chi connectivity index (χ1) is 21.1. The number of hydrogen-bond acceptors (Lipinski definition) is 4. The molecule has 0 aromatic heterocycles. The summed E-state index contributed by atoms with van der Waals surface area (Å²) >= 11 is 0. The average molecular weight is 601 g/mol. The highest BCUT2D eigenvalue weighted by Gasteiger charge is 2.66. The van der Waals surface area contributed by atoms with Gasteiger partial charge in [0, 0.05) is 42.1 Å². The summed E-state index contributed by atoms with van der Waals surface area (Å²) in [7, 11) is 1.73. The Morgan fingerprint density at radius 1 is 1.11 bits per heavy atom. The molecular formula is C36H35F3N2O3. The molecule has 1 amide bonds. The number of rotatable bonds is 4. The van der Waals surface area contributed by atoms with E-state index in [0.717, 1.165) is 56.5 Å². The van der Waals surface area contributed by atoms with Crippen molar-refractivity contribution < 1.29 is 27.8 Å². The van der Waals surface area contributed by atoms with Crippen LogP contribution in [-0.2, 0) is 22.8 Å². The summed E-state index contributed by atoms with van der Waals surface area (Å²) in [5.41, 5.74) is 2.95. The molecule has 7 rings (SSSR count). The zero-order valence-electron chi connectivity index (χ0n) is 24.8. The lowest BCUT2D eigenvalue weighted by atomic mass is 9.51. The van der Waals surface area contributed by atoms with Crippen LogP contribution in [0.5, 0.6) is 11.5 Å². The molecule has 44 heavy (non-hydrogen) atoms. The second-order valence-electron chi connectivity index (χ2n) is 12.8. The van der Waals surface area contributed by atoms with E-state index in [-0.39, 0.29) is 23.3 Å². The van der Waals surface area contributed by atoms with Gasteiger partial charge in [0.25, 0.3) is 5.91 Å². The summed E-state index contributed by atoms with van der Waals surface area (Å²) in [5.74, 6) is 6.40. The lowest BCUT2D eigenvalue weighted by molar-refractivity contribution is -0.137. The van der Waals surface area contributed by atoms with E-state index in [1.807, 2.05) is 12.1 Å². The molecule has 2 aliphatic heterocycles. The summed E-state index contributed by atoms with van der Waals surface area (Å²) in [5, 5.41) is 10.9. The van der Waals surface area contributed by atoms with Crippen LogP contribution in [0.3, 0.4) is 0 Å². The molecule has 228 valence electrons. The molecule has 4 aliphatic rings. The highest BCUT2D eigenvalue weighted by atomic mass is 19.4. The van der Waals surface area contributed by atoms with Crippen molar-refractivity contribution in [3.63, 3.8) is 0 Å². The van der Waals surface area contributed by atoms with Gasteiger partial charge in [-0.3, -0.25) is 9.69 Å². The van der Waals surface area contributed by atoms with Crippen LogP contribution >= 0.6 is 0 Å². The summed E-state index contributed by atoms with van der Waals surface area (Å²) in [6.07, 6.45) is -1.30. The number of carbonyl (C=O) groups is 1. The molecule has 1 saturated carbocycles. The first-order valence-corrected chi connectivity index (χ1v) is 15.3. The monoisotopic (exact) mass is 600 g/mol. The van der Waals surface area contributed by atoms with Gasteiger partial charge in [0.15, 0.2) is 11.5 Å². The van der Waals surface area contributed by atoms with Crippen LogP contribution in [-0.4, -0.2) is 59.1 Å². The van der Waals surface area contributed by atoms with E-state index in [9.17, 15) is 23.1 Å². The number of hydrogen-bond donors (Lipinski definition) is 1. The topological polar surface area (TPSA) is 53.0 Å². The van der Waals surface area contributed by atoms with Crippen molar-refractivity contribution in [1.82, 2.24) is 9.80 Å². The molecule has 3 aromatic rings. The molecule has 3 aromatic carbocycles. The minimum absolute atomic E-state index is 0.139. The Morgan fingerprint density at radius 2 is 1.86 bits per heavy atom. The van der Waals surface area contributed by atoms with E-state index >= 15 is 0 Å². The van der Waals surface area contributed by atoms with E-state index in [4.69, 9.17) is 4.74 Å². The van der Waals surface area contributed by atoms with Gasteiger partial charge in [-0.05, 0) is 85.5 Å². The molecule has 2 aliphatic carbocycles. The number of phenols is 1. The Morgan fingerprint density at radius 3 is 2.59 bits per heavy atom. The van der Waals surface area contributed by atoms with E-state index in [0.29, 0.717) is 29.2 Å². The average Bonchev–Trinajstić information content (AvgIpc) is 3.37. The largest absolute Gasteiger partial charge is 0.504 e. The van der Waals surface area contributed by atoms with Crippen molar-refractivity contribution in [2.24, 2.45) is 5.92 Å². The molecule has 2 bridgehead atoms. The molecule has 2 fully saturated rings. The molecule has 1 unspecified atom stereocenters. The van der Waals surface area contributed by atoms with Gasteiger partial charge in [-0.1, -0.05) is 49.2 Å². The number of nitrogens with zero attached hydrogens (tertiary/aromatic N) is 2. The number of alkyl halides is 3. The first-order valence-electron chi connectivity index (χ1n) is 15.3. The molecule has 1 saturated heterocycles. The lowest BCUT2D eigenvalue weighted by Gasteiger charge is -2.60. The Kier molecular flexibility index (Phi) is 6.93. The van der Waals surface area contributed by atoms with Crippen LogP contribution < -0.4 is 4.74 Å². The van der Waals surface area contributed by atoms with Crippen molar-refractivity contribution in [3.05, 3.63) is 94.5 Å². The number of amides is 1. The van der Waals surface area contributed by atoms with Crippen LogP contribution in [0.2, 0.25) is 0 Å². The Labute approximate surface area is 255 Å². The second-order valence-corrected chi connectivity index (χ2v) is 12.8. The molecule has 1 N–H and O–H groups in total. The van der Waals surface area contributed by atoms with Crippen LogP contribution in [0, 0.1) is 17.8 Å². The number of halogens is 3. The van der Waals surface area contributed by atoms with Gasteiger partial charge in [0.05, 0.1) is 11.6 Å². The van der Waals surface area contributed by atoms with Gasteiger partial charge in [-0.15, -0.1) is 0 Å². The predicted molar refractivity (Wildman–Crippen MR) is 160 cm³/mol. The summed E-state index contributed by atoms with van der Waals surface area (Å²) in [6.45, 7) is 4.16. The minimum Gasteiger partial charge on any atom is -0.504 e. The number of aromatic hydroxyl groups is 1. The van der Waals surface area contributed by atoms with Crippen molar-refractivity contribution in [3.8, 4) is 23.3 Å². The summed E-state index contributed by atoms with van der Waals surface area (Å²) < 4.78 is 45.5. The van der Waals surface area contributed by atoms with Gasteiger partial charge in [0.2, 0.25) is 0 Å². The smallest absolute Gasteiger partial charge is 0.416 e. The van der Waals surface area contributed by atoms with E-state index in [1.165, 1.54) is 23.3 Å². The maximum Gasteiger partial charge on any atom is 0.416 e. The van der Waals surface area contributed by atoms with Crippen LogP contribution in [0.1, 0.15) is 59.9 Å². The van der Waals surface area contributed by atoms with Crippen LogP contribution in [0.15, 0.2) is 66.7 Å². The number of ether oxygens (including phenoxy) is 1. The standard InChI is InChI=1S/C36H35F3N2O3/c1-22(24-6-4-3-5-7-24)21-41-19-18-35-27-14-15-28(34(35)44-33-30(42)16-11-25(32(33)35)20-29(27)41)40(2)31(43)17-10-23-8-12-26(13-9-23)36(37,38)39/h3-9,11-13,16,22,27-29,34,42H,14-15,18-21H2,1-2H3/t22?,27-,28-,29+,34-,35-/m0/s1.